The Morgan fingerprint density at radius 3 is 2.76 bits per heavy atom. The zero-order valence-corrected chi connectivity index (χ0v) is 10.7. The maximum atomic E-state index is 13.2. The summed E-state index contributed by atoms with van der Waals surface area (Å²) in [5.41, 5.74) is 1.73. The summed E-state index contributed by atoms with van der Waals surface area (Å²) in [6.45, 7) is 11.0. The van der Waals surface area contributed by atoms with E-state index in [1.807, 2.05) is 6.92 Å². The van der Waals surface area contributed by atoms with E-state index in [1.54, 1.807) is 6.07 Å². The molecule has 1 aromatic carbocycles. The predicted octanol–water partition coefficient (Wildman–Crippen LogP) is 3.33. The summed E-state index contributed by atoms with van der Waals surface area (Å²) >= 11 is 0. The molecule has 1 aromatic rings. The molecule has 3 heteroatoms. The van der Waals surface area contributed by atoms with Crippen LogP contribution in [0.25, 0.3) is 5.76 Å². The zero-order valence-electron chi connectivity index (χ0n) is 10.7. The van der Waals surface area contributed by atoms with E-state index in [-0.39, 0.29) is 5.82 Å². The molecule has 1 rings (SSSR count). The normalized spacial score (nSPS) is 10.6. The summed E-state index contributed by atoms with van der Waals surface area (Å²) in [6, 6.07) is 5.02. The van der Waals surface area contributed by atoms with Crippen molar-refractivity contribution in [1.29, 1.82) is 0 Å². The Labute approximate surface area is 102 Å². The Hall–Kier alpha value is -1.35. The molecule has 0 bridgehead atoms. The van der Waals surface area contributed by atoms with E-state index in [4.69, 9.17) is 4.74 Å². The summed E-state index contributed by atoms with van der Waals surface area (Å²) in [4.78, 5) is 0. The maximum absolute atomic E-state index is 13.2. The molecule has 0 heterocycles. The lowest BCUT2D eigenvalue weighted by molar-refractivity contribution is 0.298. The molecule has 0 aliphatic rings. The number of rotatable bonds is 6. The van der Waals surface area contributed by atoms with Gasteiger partial charge in [0, 0.05) is 18.2 Å². The van der Waals surface area contributed by atoms with Gasteiger partial charge in [-0.25, -0.2) is 4.39 Å². The standard InChI is InChI=1S/C14H20FNO/c1-5-17-11(4)14-7-6-13(15)8-12(14)9-16-10(2)3/h6-8,10,16H,4-5,9H2,1-3H3. The molecule has 0 aromatic heterocycles. The third-order valence-electron chi connectivity index (χ3n) is 2.39. The minimum atomic E-state index is -0.237. The monoisotopic (exact) mass is 237 g/mol. The SMILES string of the molecule is C=C(OCC)c1ccc(F)cc1CNC(C)C. The molecule has 0 unspecified atom stereocenters. The molecule has 0 aliphatic carbocycles. The van der Waals surface area contributed by atoms with Gasteiger partial charge < -0.3 is 10.1 Å². The molecule has 17 heavy (non-hydrogen) atoms. The molecule has 0 aliphatic heterocycles. The topological polar surface area (TPSA) is 21.3 Å². The highest BCUT2D eigenvalue weighted by molar-refractivity contribution is 5.61. The number of benzene rings is 1. The van der Waals surface area contributed by atoms with Crippen LogP contribution in [0.4, 0.5) is 4.39 Å². The van der Waals surface area contributed by atoms with Gasteiger partial charge in [0.25, 0.3) is 0 Å². The van der Waals surface area contributed by atoms with E-state index in [1.165, 1.54) is 12.1 Å². The van der Waals surface area contributed by atoms with E-state index < -0.39 is 0 Å². The number of hydrogen-bond acceptors (Lipinski definition) is 2. The number of nitrogens with one attached hydrogen (secondary N) is 1. The third-order valence-corrected chi connectivity index (χ3v) is 2.39. The summed E-state index contributed by atoms with van der Waals surface area (Å²) in [6.07, 6.45) is 0. The van der Waals surface area contributed by atoms with Crippen molar-refractivity contribution < 1.29 is 9.13 Å². The van der Waals surface area contributed by atoms with Crippen LogP contribution in [-0.4, -0.2) is 12.6 Å². The summed E-state index contributed by atoms with van der Waals surface area (Å²) < 4.78 is 18.6. The second kappa shape index (κ2) is 6.40. The lowest BCUT2D eigenvalue weighted by atomic mass is 10.1. The molecular formula is C14H20FNO. The van der Waals surface area contributed by atoms with Crippen molar-refractivity contribution in [2.75, 3.05) is 6.61 Å². The van der Waals surface area contributed by atoms with Gasteiger partial charge in [-0.1, -0.05) is 20.4 Å². The average molecular weight is 237 g/mol. The van der Waals surface area contributed by atoms with Gasteiger partial charge in [-0.05, 0) is 30.7 Å². The van der Waals surface area contributed by atoms with Crippen LogP contribution in [0.2, 0.25) is 0 Å². The highest BCUT2D eigenvalue weighted by atomic mass is 19.1. The van der Waals surface area contributed by atoms with Gasteiger partial charge in [-0.3, -0.25) is 0 Å². The lowest BCUT2D eigenvalue weighted by Crippen LogP contribution is -2.22. The van der Waals surface area contributed by atoms with E-state index in [0.717, 1.165) is 11.1 Å². The van der Waals surface area contributed by atoms with Crippen LogP contribution < -0.4 is 5.32 Å². The van der Waals surface area contributed by atoms with Gasteiger partial charge in [-0.15, -0.1) is 0 Å². The van der Waals surface area contributed by atoms with Crippen LogP contribution in [0, 0.1) is 5.82 Å². The van der Waals surface area contributed by atoms with Gasteiger partial charge in [0.05, 0.1) is 6.61 Å². The third kappa shape index (κ3) is 4.19. The van der Waals surface area contributed by atoms with Crippen molar-refractivity contribution in [3.05, 3.63) is 41.7 Å². The smallest absolute Gasteiger partial charge is 0.123 e. The quantitative estimate of drug-likeness (QED) is 0.766. The van der Waals surface area contributed by atoms with Crippen molar-refractivity contribution >= 4 is 5.76 Å². The lowest BCUT2D eigenvalue weighted by Gasteiger charge is -2.14. The van der Waals surface area contributed by atoms with Crippen molar-refractivity contribution in [3.8, 4) is 0 Å². The first kappa shape index (κ1) is 13.7. The van der Waals surface area contributed by atoms with E-state index >= 15 is 0 Å². The Morgan fingerprint density at radius 1 is 1.47 bits per heavy atom. The first-order valence-corrected chi connectivity index (χ1v) is 5.88. The van der Waals surface area contributed by atoms with Crippen molar-refractivity contribution in [1.82, 2.24) is 5.32 Å². The minimum absolute atomic E-state index is 0.237. The Bertz CT molecular complexity index is 388. The second-order valence-corrected chi connectivity index (χ2v) is 4.19. The Balaban J connectivity index is 2.91. The van der Waals surface area contributed by atoms with Gasteiger partial charge in [0.2, 0.25) is 0 Å². The predicted molar refractivity (Wildman–Crippen MR) is 69.0 cm³/mol. The van der Waals surface area contributed by atoms with Crippen LogP contribution in [0.1, 0.15) is 31.9 Å². The van der Waals surface area contributed by atoms with Crippen LogP contribution in [0.3, 0.4) is 0 Å². The van der Waals surface area contributed by atoms with Crippen molar-refractivity contribution in [3.63, 3.8) is 0 Å². The first-order chi connectivity index (χ1) is 8.04. The molecule has 2 nitrogen and oxygen atoms in total. The number of ether oxygens (including phenoxy) is 1. The van der Waals surface area contributed by atoms with Crippen LogP contribution in [0.15, 0.2) is 24.8 Å². The fourth-order valence-corrected chi connectivity index (χ4v) is 1.55. The molecule has 0 atom stereocenters. The zero-order chi connectivity index (χ0) is 12.8. The molecule has 0 saturated carbocycles. The highest BCUT2D eigenvalue weighted by Crippen LogP contribution is 2.20. The molecule has 94 valence electrons. The van der Waals surface area contributed by atoms with Crippen molar-refractivity contribution in [2.24, 2.45) is 0 Å². The molecule has 0 radical (unpaired) electrons. The van der Waals surface area contributed by atoms with E-state index in [2.05, 4.69) is 25.7 Å². The highest BCUT2D eigenvalue weighted by Gasteiger charge is 2.08. The van der Waals surface area contributed by atoms with Crippen LogP contribution in [-0.2, 0) is 11.3 Å². The Morgan fingerprint density at radius 2 is 2.18 bits per heavy atom. The Kier molecular flexibility index (Phi) is 5.16. The molecule has 1 N–H and O–H groups in total. The van der Waals surface area contributed by atoms with Gasteiger partial charge >= 0.3 is 0 Å². The molecule has 0 saturated heterocycles. The summed E-state index contributed by atoms with van der Waals surface area (Å²) in [5.74, 6) is 0.353. The van der Waals surface area contributed by atoms with Gasteiger partial charge in [0.15, 0.2) is 0 Å². The molecule has 0 spiro atoms. The fourth-order valence-electron chi connectivity index (χ4n) is 1.55. The van der Waals surface area contributed by atoms with E-state index in [9.17, 15) is 4.39 Å². The van der Waals surface area contributed by atoms with Gasteiger partial charge in [-0.2, -0.15) is 0 Å². The van der Waals surface area contributed by atoms with Crippen LogP contribution in [0.5, 0.6) is 0 Å². The van der Waals surface area contributed by atoms with Gasteiger partial charge in [0.1, 0.15) is 11.6 Å². The first-order valence-electron chi connectivity index (χ1n) is 5.88. The summed E-state index contributed by atoms with van der Waals surface area (Å²) in [7, 11) is 0. The maximum Gasteiger partial charge on any atom is 0.123 e. The molecule has 0 fully saturated rings. The molecule has 0 amide bonds. The fraction of sp³-hybridized carbons (Fsp3) is 0.429. The average Bonchev–Trinajstić information content (AvgIpc) is 2.26. The second-order valence-electron chi connectivity index (χ2n) is 4.19. The molecular weight excluding hydrogens is 217 g/mol. The van der Waals surface area contributed by atoms with Crippen molar-refractivity contribution in [2.45, 2.75) is 33.4 Å². The van der Waals surface area contributed by atoms with Crippen LogP contribution >= 0.6 is 0 Å². The minimum Gasteiger partial charge on any atom is -0.494 e. The van der Waals surface area contributed by atoms with E-state index in [0.29, 0.717) is 25.0 Å². The summed E-state index contributed by atoms with van der Waals surface area (Å²) in [5, 5.41) is 3.26. The largest absolute Gasteiger partial charge is 0.494 e. The number of halogens is 1. The number of hydrogen-bond donors (Lipinski definition) is 1.